The lowest BCUT2D eigenvalue weighted by molar-refractivity contribution is 0.673. The van der Waals surface area contributed by atoms with Crippen molar-refractivity contribution in [3.63, 3.8) is 0 Å². The van der Waals surface area contributed by atoms with Crippen molar-refractivity contribution < 1.29 is 0 Å². The summed E-state index contributed by atoms with van der Waals surface area (Å²) in [6, 6.07) is 14.8. The fourth-order valence-corrected chi connectivity index (χ4v) is 2.80. The van der Waals surface area contributed by atoms with Gasteiger partial charge >= 0.3 is 0 Å². The number of aromatic nitrogens is 3. The van der Waals surface area contributed by atoms with Gasteiger partial charge in [-0.2, -0.15) is 0 Å². The molecule has 4 rings (SSSR count). The molecule has 0 saturated carbocycles. The van der Waals surface area contributed by atoms with Crippen LogP contribution in [0, 0.1) is 0 Å². The van der Waals surface area contributed by atoms with E-state index in [4.69, 9.17) is 4.98 Å². The Balaban J connectivity index is 1.92. The summed E-state index contributed by atoms with van der Waals surface area (Å²) < 4.78 is 2.20. The molecule has 1 aliphatic heterocycles. The minimum atomic E-state index is 0.399. The summed E-state index contributed by atoms with van der Waals surface area (Å²) in [7, 11) is 0. The summed E-state index contributed by atoms with van der Waals surface area (Å²) in [4.78, 5) is 11.5. The van der Waals surface area contributed by atoms with Gasteiger partial charge < -0.3 is 4.90 Å². The van der Waals surface area contributed by atoms with Crippen molar-refractivity contribution in [3.05, 3.63) is 48.7 Å². The molecule has 4 heteroatoms. The summed E-state index contributed by atoms with van der Waals surface area (Å²) in [5.41, 5.74) is 3.12. The first-order chi connectivity index (χ1) is 9.34. The molecule has 0 radical (unpaired) electrons. The first-order valence-electron chi connectivity index (χ1n) is 6.50. The molecular weight excluding hydrogens is 236 g/mol. The highest BCUT2D eigenvalue weighted by atomic mass is 15.4. The van der Waals surface area contributed by atoms with E-state index in [-0.39, 0.29) is 0 Å². The molecule has 1 aromatic carbocycles. The molecule has 0 saturated heterocycles. The maximum Gasteiger partial charge on any atom is 0.212 e. The van der Waals surface area contributed by atoms with Gasteiger partial charge in [-0.25, -0.2) is 9.97 Å². The van der Waals surface area contributed by atoms with Crippen LogP contribution >= 0.6 is 0 Å². The number of pyridine rings is 1. The van der Waals surface area contributed by atoms with Crippen molar-refractivity contribution in [1.82, 2.24) is 14.5 Å². The Morgan fingerprint density at radius 1 is 1.11 bits per heavy atom. The Hall–Kier alpha value is -2.36. The fraction of sp³-hybridized carbons (Fsp3) is 0.200. The number of anilines is 2. The second-order valence-electron chi connectivity index (χ2n) is 4.92. The van der Waals surface area contributed by atoms with Crippen LogP contribution < -0.4 is 4.90 Å². The van der Waals surface area contributed by atoms with Gasteiger partial charge in [0.1, 0.15) is 5.52 Å². The monoisotopic (exact) mass is 250 g/mol. The number of hydrogen-bond donors (Lipinski definition) is 0. The standard InChI is InChI=1S/C15H14N4/c1-11-10-18-14-13(8-5-9-16-14)17-15(18)19(11)12-6-3-2-4-7-12/h2-9,11H,10H2,1H3. The van der Waals surface area contributed by atoms with Gasteiger partial charge in [-0.3, -0.25) is 4.57 Å². The normalized spacial score (nSPS) is 17.9. The Morgan fingerprint density at radius 2 is 1.95 bits per heavy atom. The van der Waals surface area contributed by atoms with Gasteiger partial charge in [0.2, 0.25) is 5.95 Å². The Bertz CT molecular complexity index is 732. The lowest BCUT2D eigenvalue weighted by atomic mass is 10.2. The van der Waals surface area contributed by atoms with Crippen LogP contribution in [0.3, 0.4) is 0 Å². The maximum atomic E-state index is 4.73. The van der Waals surface area contributed by atoms with Gasteiger partial charge in [0.25, 0.3) is 0 Å². The fourth-order valence-electron chi connectivity index (χ4n) is 2.80. The van der Waals surface area contributed by atoms with Gasteiger partial charge in [-0.15, -0.1) is 0 Å². The average molecular weight is 250 g/mol. The highest BCUT2D eigenvalue weighted by molar-refractivity contribution is 5.78. The van der Waals surface area contributed by atoms with Crippen molar-refractivity contribution >= 4 is 22.8 Å². The molecule has 0 amide bonds. The third kappa shape index (κ3) is 1.46. The molecular formula is C15H14N4. The molecule has 94 valence electrons. The Morgan fingerprint density at radius 3 is 2.79 bits per heavy atom. The van der Waals surface area contributed by atoms with Crippen LogP contribution in [0.1, 0.15) is 6.92 Å². The molecule has 1 unspecified atom stereocenters. The highest BCUT2D eigenvalue weighted by Crippen LogP contribution is 2.35. The highest BCUT2D eigenvalue weighted by Gasteiger charge is 2.30. The van der Waals surface area contributed by atoms with Crippen LogP contribution in [0.5, 0.6) is 0 Å². The third-order valence-electron chi connectivity index (χ3n) is 3.62. The SMILES string of the molecule is CC1Cn2c(nc3cccnc32)N1c1ccccc1. The molecule has 2 aromatic heterocycles. The van der Waals surface area contributed by atoms with Gasteiger partial charge in [-0.05, 0) is 31.2 Å². The minimum Gasteiger partial charge on any atom is -0.307 e. The van der Waals surface area contributed by atoms with Crippen LogP contribution in [-0.2, 0) is 6.54 Å². The number of nitrogens with zero attached hydrogens (tertiary/aromatic N) is 4. The summed E-state index contributed by atoms with van der Waals surface area (Å²) >= 11 is 0. The van der Waals surface area contributed by atoms with Gasteiger partial charge in [0.05, 0.1) is 6.04 Å². The van der Waals surface area contributed by atoms with Crippen molar-refractivity contribution in [2.75, 3.05) is 4.90 Å². The predicted molar refractivity (Wildman–Crippen MR) is 75.6 cm³/mol. The Labute approximate surface area is 111 Å². The molecule has 0 fully saturated rings. The first-order valence-corrected chi connectivity index (χ1v) is 6.50. The Kier molecular flexibility index (Phi) is 2.12. The molecule has 1 atom stereocenters. The van der Waals surface area contributed by atoms with Crippen molar-refractivity contribution in [2.45, 2.75) is 19.5 Å². The van der Waals surface area contributed by atoms with Gasteiger partial charge in [0, 0.05) is 18.4 Å². The average Bonchev–Trinajstić information content (AvgIpc) is 2.94. The molecule has 0 spiro atoms. The van der Waals surface area contributed by atoms with E-state index in [0.717, 1.165) is 23.7 Å². The van der Waals surface area contributed by atoms with Crippen LogP contribution in [0.2, 0.25) is 0 Å². The van der Waals surface area contributed by atoms with E-state index in [0.29, 0.717) is 6.04 Å². The van der Waals surface area contributed by atoms with Crippen molar-refractivity contribution in [2.24, 2.45) is 0 Å². The smallest absolute Gasteiger partial charge is 0.212 e. The summed E-state index contributed by atoms with van der Waals surface area (Å²) in [6.45, 7) is 3.15. The number of benzene rings is 1. The van der Waals surface area contributed by atoms with Crippen molar-refractivity contribution in [1.29, 1.82) is 0 Å². The van der Waals surface area contributed by atoms with E-state index >= 15 is 0 Å². The lowest BCUT2D eigenvalue weighted by Crippen LogP contribution is -2.24. The quantitative estimate of drug-likeness (QED) is 0.666. The van der Waals surface area contributed by atoms with Crippen LogP contribution in [-0.4, -0.2) is 20.6 Å². The van der Waals surface area contributed by atoms with E-state index in [1.807, 2.05) is 24.4 Å². The summed E-state index contributed by atoms with van der Waals surface area (Å²) in [6.07, 6.45) is 1.83. The zero-order chi connectivity index (χ0) is 12.8. The topological polar surface area (TPSA) is 34.0 Å². The molecule has 0 aliphatic carbocycles. The third-order valence-corrected chi connectivity index (χ3v) is 3.62. The zero-order valence-electron chi connectivity index (χ0n) is 10.7. The van der Waals surface area contributed by atoms with E-state index in [1.54, 1.807) is 0 Å². The number of rotatable bonds is 1. The van der Waals surface area contributed by atoms with Crippen molar-refractivity contribution in [3.8, 4) is 0 Å². The molecule has 4 nitrogen and oxygen atoms in total. The first kappa shape index (κ1) is 10.6. The maximum absolute atomic E-state index is 4.73. The summed E-state index contributed by atoms with van der Waals surface area (Å²) in [5.74, 6) is 0.993. The molecule has 0 N–H and O–H groups in total. The van der Waals surface area contributed by atoms with Crippen LogP contribution in [0.25, 0.3) is 11.2 Å². The lowest BCUT2D eigenvalue weighted by Gasteiger charge is -2.21. The molecule has 0 bridgehead atoms. The van der Waals surface area contributed by atoms with Crippen LogP contribution in [0.15, 0.2) is 48.7 Å². The van der Waals surface area contributed by atoms with E-state index in [1.165, 1.54) is 5.69 Å². The predicted octanol–water partition coefficient (Wildman–Crippen LogP) is 2.97. The van der Waals surface area contributed by atoms with Crippen LogP contribution in [0.4, 0.5) is 11.6 Å². The number of hydrogen-bond acceptors (Lipinski definition) is 3. The minimum absolute atomic E-state index is 0.399. The largest absolute Gasteiger partial charge is 0.307 e. The molecule has 19 heavy (non-hydrogen) atoms. The summed E-state index contributed by atoms with van der Waals surface area (Å²) in [5, 5.41) is 0. The molecule has 3 aromatic rings. The second kappa shape index (κ2) is 3.82. The second-order valence-corrected chi connectivity index (χ2v) is 4.92. The van der Waals surface area contributed by atoms with E-state index in [2.05, 4.69) is 45.6 Å². The van der Waals surface area contributed by atoms with Gasteiger partial charge in [0.15, 0.2) is 5.65 Å². The zero-order valence-corrected chi connectivity index (χ0v) is 10.7. The number of imidazole rings is 1. The molecule has 3 heterocycles. The van der Waals surface area contributed by atoms with E-state index < -0.39 is 0 Å². The number of fused-ring (bicyclic) bond motifs is 3. The van der Waals surface area contributed by atoms with Gasteiger partial charge in [-0.1, -0.05) is 18.2 Å². The molecule has 1 aliphatic rings. The van der Waals surface area contributed by atoms with E-state index in [9.17, 15) is 0 Å². The number of para-hydroxylation sites is 1.